The second-order valence-electron chi connectivity index (χ2n) is 3.01. The zero-order valence-electron chi connectivity index (χ0n) is 7.67. The molecule has 12 heavy (non-hydrogen) atoms. The highest BCUT2D eigenvalue weighted by Crippen LogP contribution is 2.07. The summed E-state index contributed by atoms with van der Waals surface area (Å²) in [5.74, 6) is 0.108. The van der Waals surface area contributed by atoms with Crippen LogP contribution in [0.3, 0.4) is 0 Å². The molecule has 1 fully saturated rings. The minimum Gasteiger partial charge on any atom is -0.366 e. The summed E-state index contributed by atoms with van der Waals surface area (Å²) in [5.41, 5.74) is 0. The van der Waals surface area contributed by atoms with Crippen LogP contribution >= 0.6 is 0 Å². The fourth-order valence-corrected chi connectivity index (χ4v) is 1.24. The number of ether oxygens (including phenoxy) is 1. The van der Waals surface area contributed by atoms with Gasteiger partial charge in [-0.2, -0.15) is 0 Å². The summed E-state index contributed by atoms with van der Waals surface area (Å²) in [5, 5.41) is 3.00. The van der Waals surface area contributed by atoms with Crippen LogP contribution in [0, 0.1) is 0 Å². The molecule has 1 saturated heterocycles. The third kappa shape index (κ3) is 2.19. The first-order valence-corrected chi connectivity index (χ1v) is 4.27. The van der Waals surface area contributed by atoms with Gasteiger partial charge in [0, 0.05) is 13.6 Å². The molecular weight excluding hydrogens is 156 g/mol. The van der Waals surface area contributed by atoms with Crippen molar-refractivity contribution in [3.05, 3.63) is 0 Å². The quantitative estimate of drug-likeness (QED) is 0.621. The van der Waals surface area contributed by atoms with Gasteiger partial charge in [-0.15, -0.1) is 0 Å². The molecule has 0 aromatic heterocycles. The number of carbonyl (C=O) groups excluding carboxylic acids is 1. The summed E-state index contributed by atoms with van der Waals surface area (Å²) >= 11 is 0. The third-order valence-electron chi connectivity index (χ3n) is 2.05. The summed E-state index contributed by atoms with van der Waals surface area (Å²) in [7, 11) is 3.69. The van der Waals surface area contributed by atoms with Crippen molar-refractivity contribution in [2.75, 3.05) is 33.8 Å². The standard InChI is InChI=1S/C8H16N2O2/c1-9-4-3-7-8(11)10(2)5-6-12-7/h7,9H,3-6H2,1-2H3. The molecule has 0 aliphatic carbocycles. The van der Waals surface area contributed by atoms with E-state index in [1.807, 2.05) is 14.1 Å². The minimum atomic E-state index is -0.226. The Balaban J connectivity index is 2.36. The largest absolute Gasteiger partial charge is 0.366 e. The predicted molar refractivity (Wildman–Crippen MR) is 45.9 cm³/mol. The molecule has 4 heteroatoms. The predicted octanol–water partition coefficient (Wildman–Crippen LogP) is -0.547. The molecule has 0 aromatic rings. The maximum atomic E-state index is 11.4. The van der Waals surface area contributed by atoms with Crippen molar-refractivity contribution in [3.8, 4) is 0 Å². The van der Waals surface area contributed by atoms with E-state index in [0.717, 1.165) is 19.5 Å². The number of carbonyl (C=O) groups is 1. The molecule has 0 aromatic carbocycles. The Morgan fingerprint density at radius 1 is 1.75 bits per heavy atom. The highest BCUT2D eigenvalue weighted by Gasteiger charge is 2.26. The molecule has 1 aliphatic heterocycles. The van der Waals surface area contributed by atoms with Gasteiger partial charge >= 0.3 is 0 Å². The number of hydrogen-bond donors (Lipinski definition) is 1. The fourth-order valence-electron chi connectivity index (χ4n) is 1.24. The van der Waals surface area contributed by atoms with Crippen LogP contribution in [0.4, 0.5) is 0 Å². The molecule has 0 bridgehead atoms. The first-order valence-electron chi connectivity index (χ1n) is 4.27. The zero-order valence-corrected chi connectivity index (χ0v) is 7.67. The number of likely N-dealkylation sites (N-methyl/N-ethyl adjacent to an activating group) is 1. The maximum Gasteiger partial charge on any atom is 0.251 e. The van der Waals surface area contributed by atoms with E-state index in [9.17, 15) is 4.79 Å². The second-order valence-corrected chi connectivity index (χ2v) is 3.01. The number of nitrogens with one attached hydrogen (secondary N) is 1. The molecule has 1 aliphatic rings. The van der Waals surface area contributed by atoms with E-state index in [0.29, 0.717) is 6.61 Å². The molecule has 1 atom stereocenters. The summed E-state index contributed by atoms with van der Waals surface area (Å²) in [6, 6.07) is 0. The zero-order chi connectivity index (χ0) is 8.97. The van der Waals surface area contributed by atoms with Crippen LogP contribution in [-0.2, 0) is 9.53 Å². The average Bonchev–Trinajstić information content (AvgIpc) is 2.08. The Labute approximate surface area is 72.9 Å². The van der Waals surface area contributed by atoms with Gasteiger partial charge in [-0.25, -0.2) is 0 Å². The minimum absolute atomic E-state index is 0.108. The Morgan fingerprint density at radius 2 is 2.50 bits per heavy atom. The van der Waals surface area contributed by atoms with Crippen molar-refractivity contribution in [3.63, 3.8) is 0 Å². The maximum absolute atomic E-state index is 11.4. The van der Waals surface area contributed by atoms with Gasteiger partial charge in [0.15, 0.2) is 0 Å². The Hall–Kier alpha value is -0.610. The van der Waals surface area contributed by atoms with E-state index in [1.165, 1.54) is 0 Å². The van der Waals surface area contributed by atoms with Crippen LogP contribution < -0.4 is 5.32 Å². The number of rotatable bonds is 3. The van der Waals surface area contributed by atoms with Crippen molar-refractivity contribution in [1.82, 2.24) is 10.2 Å². The molecule has 1 unspecified atom stereocenters. The van der Waals surface area contributed by atoms with E-state index in [4.69, 9.17) is 4.74 Å². The van der Waals surface area contributed by atoms with Gasteiger partial charge in [0.2, 0.25) is 0 Å². The highest BCUT2D eigenvalue weighted by molar-refractivity contribution is 5.81. The molecule has 70 valence electrons. The third-order valence-corrected chi connectivity index (χ3v) is 2.05. The lowest BCUT2D eigenvalue weighted by Gasteiger charge is -2.29. The van der Waals surface area contributed by atoms with Crippen molar-refractivity contribution in [1.29, 1.82) is 0 Å². The second kappa shape index (κ2) is 4.42. The summed E-state index contributed by atoms with van der Waals surface area (Å²) < 4.78 is 5.33. The molecule has 1 amide bonds. The topological polar surface area (TPSA) is 41.6 Å². The molecule has 0 spiro atoms. The van der Waals surface area contributed by atoms with Gasteiger partial charge in [0.1, 0.15) is 6.10 Å². The lowest BCUT2D eigenvalue weighted by Crippen LogP contribution is -2.46. The lowest BCUT2D eigenvalue weighted by atomic mass is 10.2. The SMILES string of the molecule is CNCCC1OCCN(C)C1=O. The van der Waals surface area contributed by atoms with Crippen molar-refractivity contribution in [2.45, 2.75) is 12.5 Å². The molecule has 1 heterocycles. The van der Waals surface area contributed by atoms with Crippen LogP contribution in [-0.4, -0.2) is 50.7 Å². The van der Waals surface area contributed by atoms with Crippen LogP contribution in [0.2, 0.25) is 0 Å². The normalized spacial score (nSPS) is 24.7. The molecular formula is C8H16N2O2. The lowest BCUT2D eigenvalue weighted by molar-refractivity contribution is -0.151. The number of morpholine rings is 1. The number of amides is 1. The summed E-state index contributed by atoms with van der Waals surface area (Å²) in [6.45, 7) is 2.20. The van der Waals surface area contributed by atoms with Crippen LogP contribution in [0.25, 0.3) is 0 Å². The first-order chi connectivity index (χ1) is 5.75. The average molecular weight is 172 g/mol. The van der Waals surface area contributed by atoms with Crippen molar-refractivity contribution in [2.24, 2.45) is 0 Å². The van der Waals surface area contributed by atoms with Gasteiger partial charge in [-0.05, 0) is 20.0 Å². The smallest absolute Gasteiger partial charge is 0.251 e. The van der Waals surface area contributed by atoms with Gasteiger partial charge in [0.05, 0.1) is 6.61 Å². The number of nitrogens with zero attached hydrogens (tertiary/aromatic N) is 1. The van der Waals surface area contributed by atoms with Gasteiger partial charge < -0.3 is 15.0 Å². The van der Waals surface area contributed by atoms with E-state index >= 15 is 0 Å². The Bertz CT molecular complexity index is 161. The Morgan fingerprint density at radius 3 is 3.17 bits per heavy atom. The van der Waals surface area contributed by atoms with Crippen LogP contribution in [0.15, 0.2) is 0 Å². The summed E-state index contributed by atoms with van der Waals surface area (Å²) in [6.07, 6.45) is 0.538. The molecule has 1 N–H and O–H groups in total. The monoisotopic (exact) mass is 172 g/mol. The van der Waals surface area contributed by atoms with E-state index in [-0.39, 0.29) is 12.0 Å². The van der Waals surface area contributed by atoms with Crippen molar-refractivity contribution >= 4 is 5.91 Å². The van der Waals surface area contributed by atoms with Crippen LogP contribution in [0.1, 0.15) is 6.42 Å². The fraction of sp³-hybridized carbons (Fsp3) is 0.875. The molecule has 4 nitrogen and oxygen atoms in total. The van der Waals surface area contributed by atoms with Gasteiger partial charge in [-0.3, -0.25) is 4.79 Å². The van der Waals surface area contributed by atoms with E-state index in [1.54, 1.807) is 4.90 Å². The molecule has 0 radical (unpaired) electrons. The molecule has 1 rings (SSSR count). The summed E-state index contributed by atoms with van der Waals surface area (Å²) in [4.78, 5) is 13.1. The number of hydrogen-bond acceptors (Lipinski definition) is 3. The van der Waals surface area contributed by atoms with Crippen molar-refractivity contribution < 1.29 is 9.53 Å². The van der Waals surface area contributed by atoms with Crippen LogP contribution in [0.5, 0.6) is 0 Å². The van der Waals surface area contributed by atoms with E-state index in [2.05, 4.69) is 5.32 Å². The van der Waals surface area contributed by atoms with Gasteiger partial charge in [0.25, 0.3) is 5.91 Å². The Kier molecular flexibility index (Phi) is 3.49. The molecule has 0 saturated carbocycles. The van der Waals surface area contributed by atoms with E-state index < -0.39 is 0 Å². The van der Waals surface area contributed by atoms with Gasteiger partial charge in [-0.1, -0.05) is 0 Å². The highest BCUT2D eigenvalue weighted by atomic mass is 16.5. The first kappa shape index (κ1) is 9.48.